The molecule has 0 aliphatic heterocycles. The molecule has 0 amide bonds. The maximum Gasteiger partial charge on any atom is 0.136 e. The molecule has 0 N–H and O–H groups in total. The fourth-order valence-electron chi connectivity index (χ4n) is 5.25. The van der Waals surface area contributed by atoms with Crippen molar-refractivity contribution in [3.63, 3.8) is 0 Å². The van der Waals surface area contributed by atoms with Crippen LogP contribution in [0, 0.1) is 24.7 Å². The monoisotopic (exact) mass is 522 g/mol. The van der Waals surface area contributed by atoms with Gasteiger partial charge in [0, 0.05) is 22.3 Å². The quantitative estimate of drug-likeness (QED) is 0.198. The molecule has 0 bridgehead atoms. The summed E-state index contributed by atoms with van der Waals surface area (Å²) in [7, 11) is 0. The molecule has 0 radical (unpaired) electrons. The summed E-state index contributed by atoms with van der Waals surface area (Å²) >= 11 is 0. The van der Waals surface area contributed by atoms with Crippen LogP contribution in [0.25, 0.3) is 44.5 Å². The molecule has 0 aliphatic rings. The van der Waals surface area contributed by atoms with E-state index < -0.39 is 0 Å². The van der Waals surface area contributed by atoms with Gasteiger partial charge in [-0.3, -0.25) is 0 Å². The van der Waals surface area contributed by atoms with E-state index in [-0.39, 0.29) is 0 Å². The first-order valence-electron chi connectivity index (χ1n) is 13.4. The highest BCUT2D eigenvalue weighted by Gasteiger charge is 2.21. The van der Waals surface area contributed by atoms with Gasteiger partial charge in [0.1, 0.15) is 11.5 Å². The standard InChI is InChI=1S/C40H26O/c1-3-33-35(29-17-9-5-10-18-29)25-27-37(39(33)31-21-13-7-14-22-31)41-38-28-26-36(30-19-11-6-12-20-30)34(4-2)40(38)32-23-15-8-16-24-32/h1-2,5-28H. The summed E-state index contributed by atoms with van der Waals surface area (Å²) in [6, 6.07) is 48.7. The molecular weight excluding hydrogens is 496 g/mol. The fourth-order valence-corrected chi connectivity index (χ4v) is 5.25. The molecule has 0 unspecified atom stereocenters. The van der Waals surface area contributed by atoms with Gasteiger partial charge in [-0.1, -0.05) is 133 Å². The minimum absolute atomic E-state index is 0.663. The fraction of sp³-hybridized carbons (Fsp3) is 0. The molecule has 1 nitrogen and oxygen atoms in total. The molecule has 6 rings (SSSR count). The Balaban J connectivity index is 1.59. The number of benzene rings is 6. The molecular formula is C40H26O. The Kier molecular flexibility index (Phi) is 7.19. The normalized spacial score (nSPS) is 10.4. The van der Waals surface area contributed by atoms with Gasteiger partial charge in [0.05, 0.1) is 0 Å². The Morgan fingerprint density at radius 3 is 1.00 bits per heavy atom. The SMILES string of the molecule is C#Cc1c(-c2ccccc2)ccc(Oc2ccc(-c3ccccc3)c(C#C)c2-c2ccccc2)c1-c1ccccc1. The van der Waals surface area contributed by atoms with Crippen molar-refractivity contribution in [3.05, 3.63) is 157 Å². The lowest BCUT2D eigenvalue weighted by molar-refractivity contribution is 0.486. The highest BCUT2D eigenvalue weighted by Crippen LogP contribution is 2.45. The van der Waals surface area contributed by atoms with Crippen molar-refractivity contribution in [2.24, 2.45) is 0 Å². The van der Waals surface area contributed by atoms with E-state index in [1.807, 2.05) is 97.1 Å². The van der Waals surface area contributed by atoms with E-state index >= 15 is 0 Å². The Morgan fingerprint density at radius 1 is 0.366 bits per heavy atom. The first-order valence-corrected chi connectivity index (χ1v) is 13.4. The average Bonchev–Trinajstić information content (AvgIpc) is 3.05. The molecule has 1 heteroatoms. The van der Waals surface area contributed by atoms with Crippen LogP contribution in [0.1, 0.15) is 11.1 Å². The van der Waals surface area contributed by atoms with E-state index in [2.05, 4.69) is 60.4 Å². The largest absolute Gasteiger partial charge is 0.456 e. The lowest BCUT2D eigenvalue weighted by Crippen LogP contribution is -1.98. The lowest BCUT2D eigenvalue weighted by Gasteiger charge is -2.20. The molecule has 0 heterocycles. The molecule has 0 fully saturated rings. The van der Waals surface area contributed by atoms with Crippen LogP contribution in [-0.4, -0.2) is 0 Å². The third-order valence-corrected chi connectivity index (χ3v) is 7.14. The minimum atomic E-state index is 0.663. The van der Waals surface area contributed by atoms with Gasteiger partial charge < -0.3 is 4.74 Å². The zero-order valence-corrected chi connectivity index (χ0v) is 22.4. The van der Waals surface area contributed by atoms with Gasteiger partial charge in [0.15, 0.2) is 0 Å². The first kappa shape index (κ1) is 25.5. The highest BCUT2D eigenvalue weighted by molar-refractivity contribution is 5.89. The third kappa shape index (κ3) is 5.02. The maximum atomic E-state index is 6.83. The molecule has 6 aromatic carbocycles. The van der Waals surface area contributed by atoms with Gasteiger partial charge in [0.2, 0.25) is 0 Å². The van der Waals surface area contributed by atoms with Crippen molar-refractivity contribution in [1.29, 1.82) is 0 Å². The van der Waals surface area contributed by atoms with Gasteiger partial charge in [-0.25, -0.2) is 0 Å². The minimum Gasteiger partial charge on any atom is -0.456 e. The molecule has 41 heavy (non-hydrogen) atoms. The van der Waals surface area contributed by atoms with Crippen molar-refractivity contribution in [1.82, 2.24) is 0 Å². The molecule has 0 aliphatic carbocycles. The smallest absolute Gasteiger partial charge is 0.136 e. The second-order valence-corrected chi connectivity index (χ2v) is 9.58. The predicted octanol–water partition coefficient (Wildman–Crippen LogP) is 10.1. The van der Waals surface area contributed by atoms with Crippen LogP contribution in [-0.2, 0) is 0 Å². The lowest BCUT2D eigenvalue weighted by atomic mass is 9.90. The van der Waals surface area contributed by atoms with Crippen LogP contribution in [0.4, 0.5) is 0 Å². The Bertz CT molecular complexity index is 1750. The van der Waals surface area contributed by atoms with Crippen LogP contribution in [0.3, 0.4) is 0 Å². The number of rotatable bonds is 6. The van der Waals surface area contributed by atoms with Gasteiger partial charge in [-0.2, -0.15) is 0 Å². The number of ether oxygens (including phenoxy) is 1. The number of terminal acetylenes is 2. The molecule has 6 aromatic rings. The molecule has 0 spiro atoms. The van der Waals surface area contributed by atoms with Gasteiger partial charge >= 0.3 is 0 Å². The van der Waals surface area contributed by atoms with E-state index in [0.29, 0.717) is 11.5 Å². The maximum absolute atomic E-state index is 6.83. The third-order valence-electron chi connectivity index (χ3n) is 7.14. The van der Waals surface area contributed by atoms with Gasteiger partial charge in [-0.15, -0.1) is 12.8 Å². The van der Waals surface area contributed by atoms with Crippen LogP contribution in [0.5, 0.6) is 11.5 Å². The van der Waals surface area contributed by atoms with Crippen molar-refractivity contribution in [2.75, 3.05) is 0 Å². The van der Waals surface area contributed by atoms with Crippen LogP contribution in [0.15, 0.2) is 146 Å². The number of hydrogen-bond donors (Lipinski definition) is 0. The summed E-state index contributed by atoms with van der Waals surface area (Å²) in [6.45, 7) is 0. The van der Waals surface area contributed by atoms with E-state index in [4.69, 9.17) is 17.6 Å². The summed E-state index contributed by atoms with van der Waals surface area (Å²) < 4.78 is 6.83. The van der Waals surface area contributed by atoms with E-state index in [9.17, 15) is 0 Å². The topological polar surface area (TPSA) is 9.23 Å². The Morgan fingerprint density at radius 2 is 0.683 bits per heavy atom. The average molecular weight is 523 g/mol. The van der Waals surface area contributed by atoms with Gasteiger partial charge in [0.25, 0.3) is 0 Å². The van der Waals surface area contributed by atoms with E-state index in [0.717, 1.165) is 55.6 Å². The Hall–Kier alpha value is -5.76. The zero-order valence-electron chi connectivity index (χ0n) is 22.4. The van der Waals surface area contributed by atoms with Crippen molar-refractivity contribution in [3.8, 4) is 80.7 Å². The molecule has 0 atom stereocenters. The molecule has 192 valence electrons. The van der Waals surface area contributed by atoms with Crippen molar-refractivity contribution in [2.45, 2.75) is 0 Å². The van der Waals surface area contributed by atoms with Crippen molar-refractivity contribution < 1.29 is 4.74 Å². The summed E-state index contributed by atoms with van der Waals surface area (Å²) in [5, 5.41) is 0. The second-order valence-electron chi connectivity index (χ2n) is 9.58. The number of hydrogen-bond acceptors (Lipinski definition) is 1. The van der Waals surface area contributed by atoms with Crippen LogP contribution in [0.2, 0.25) is 0 Å². The summed E-state index contributed by atoms with van der Waals surface area (Å²) in [5.74, 6) is 7.28. The van der Waals surface area contributed by atoms with E-state index in [1.54, 1.807) is 0 Å². The molecule has 0 saturated carbocycles. The Labute approximate surface area is 241 Å². The predicted molar refractivity (Wildman–Crippen MR) is 171 cm³/mol. The zero-order chi connectivity index (χ0) is 28.0. The highest BCUT2D eigenvalue weighted by atomic mass is 16.5. The van der Waals surface area contributed by atoms with Gasteiger partial charge in [-0.05, 0) is 57.6 Å². The van der Waals surface area contributed by atoms with Crippen molar-refractivity contribution >= 4 is 0 Å². The second kappa shape index (κ2) is 11.5. The molecule has 0 aromatic heterocycles. The summed E-state index contributed by atoms with van der Waals surface area (Å²) in [4.78, 5) is 0. The van der Waals surface area contributed by atoms with E-state index in [1.165, 1.54) is 0 Å². The van der Waals surface area contributed by atoms with Crippen LogP contribution >= 0.6 is 0 Å². The first-order chi connectivity index (χ1) is 20.3. The summed E-state index contributed by atoms with van der Waals surface area (Å²) in [5.41, 5.74) is 9.30. The van der Waals surface area contributed by atoms with Crippen LogP contribution < -0.4 is 4.74 Å². The summed E-state index contributed by atoms with van der Waals surface area (Å²) in [6.07, 6.45) is 12.4. The molecule has 0 saturated heterocycles.